The highest BCUT2D eigenvalue weighted by Gasteiger charge is 2.21. The van der Waals surface area contributed by atoms with E-state index < -0.39 is 6.04 Å². The van der Waals surface area contributed by atoms with Crippen LogP contribution < -0.4 is 10.2 Å². The van der Waals surface area contributed by atoms with E-state index in [0.717, 1.165) is 11.3 Å². The maximum Gasteiger partial charge on any atom is 0.251 e. The van der Waals surface area contributed by atoms with Gasteiger partial charge in [0.05, 0.1) is 0 Å². The summed E-state index contributed by atoms with van der Waals surface area (Å²) in [5.41, 5.74) is 2.73. The monoisotopic (exact) mass is 353 g/mol. The van der Waals surface area contributed by atoms with Gasteiger partial charge >= 0.3 is 0 Å². The largest absolute Gasteiger partial charge is 0.378 e. The average molecular weight is 353 g/mol. The topological polar surface area (TPSA) is 52.6 Å². The van der Waals surface area contributed by atoms with E-state index in [1.165, 1.54) is 0 Å². The standard InChI is InChI=1S/C21H27N3O2/c1-5-24(15-17-11-13-19(14-12-17)23(3)4)21(26)16(2)22-20(25)18-9-7-6-8-10-18/h6-14,16H,5,15H2,1-4H3,(H,22,25). The number of carbonyl (C=O) groups excluding carboxylic acids is 2. The summed E-state index contributed by atoms with van der Waals surface area (Å²) in [5.74, 6) is -0.327. The molecule has 2 aromatic rings. The molecule has 2 amide bonds. The summed E-state index contributed by atoms with van der Waals surface area (Å²) in [5, 5.41) is 2.78. The lowest BCUT2D eigenvalue weighted by atomic mass is 10.1. The third kappa shape index (κ3) is 5.09. The third-order valence-electron chi connectivity index (χ3n) is 4.27. The zero-order valence-electron chi connectivity index (χ0n) is 15.9. The molecule has 0 fully saturated rings. The lowest BCUT2D eigenvalue weighted by molar-refractivity contribution is -0.133. The highest BCUT2D eigenvalue weighted by Crippen LogP contribution is 2.14. The van der Waals surface area contributed by atoms with Crippen LogP contribution in [0.1, 0.15) is 29.8 Å². The number of amides is 2. The van der Waals surface area contributed by atoms with Crippen molar-refractivity contribution in [1.82, 2.24) is 10.2 Å². The number of benzene rings is 2. The van der Waals surface area contributed by atoms with Crippen LogP contribution in [0, 0.1) is 0 Å². The minimum absolute atomic E-state index is 0.0894. The second-order valence-electron chi connectivity index (χ2n) is 6.47. The summed E-state index contributed by atoms with van der Waals surface area (Å²) in [6.07, 6.45) is 0. The van der Waals surface area contributed by atoms with Crippen LogP contribution in [0.5, 0.6) is 0 Å². The van der Waals surface area contributed by atoms with Crippen LogP contribution in [-0.2, 0) is 11.3 Å². The molecule has 0 spiro atoms. The number of hydrogen-bond acceptors (Lipinski definition) is 3. The van der Waals surface area contributed by atoms with Crippen molar-refractivity contribution in [3.8, 4) is 0 Å². The van der Waals surface area contributed by atoms with Crippen molar-refractivity contribution in [1.29, 1.82) is 0 Å². The molecule has 26 heavy (non-hydrogen) atoms. The quantitative estimate of drug-likeness (QED) is 0.833. The van der Waals surface area contributed by atoms with Crippen LogP contribution in [0.3, 0.4) is 0 Å². The van der Waals surface area contributed by atoms with Crippen molar-refractivity contribution >= 4 is 17.5 Å². The Kier molecular flexibility index (Phi) is 6.78. The van der Waals surface area contributed by atoms with Crippen LogP contribution in [0.25, 0.3) is 0 Å². The van der Waals surface area contributed by atoms with Gasteiger partial charge in [0, 0.05) is 38.4 Å². The Hall–Kier alpha value is -2.82. The fourth-order valence-corrected chi connectivity index (χ4v) is 2.67. The van der Waals surface area contributed by atoms with Gasteiger partial charge in [-0.25, -0.2) is 0 Å². The smallest absolute Gasteiger partial charge is 0.251 e. The van der Waals surface area contributed by atoms with Crippen molar-refractivity contribution < 1.29 is 9.59 Å². The first-order chi connectivity index (χ1) is 12.4. The first-order valence-corrected chi connectivity index (χ1v) is 8.83. The second kappa shape index (κ2) is 9.04. The highest BCUT2D eigenvalue weighted by atomic mass is 16.2. The van der Waals surface area contributed by atoms with Gasteiger partial charge in [-0.1, -0.05) is 30.3 Å². The molecule has 0 saturated carbocycles. The molecule has 0 aliphatic heterocycles. The summed E-state index contributed by atoms with van der Waals surface area (Å²) < 4.78 is 0. The van der Waals surface area contributed by atoms with Crippen molar-refractivity contribution in [2.24, 2.45) is 0 Å². The predicted octanol–water partition coefficient (Wildman–Crippen LogP) is 2.92. The van der Waals surface area contributed by atoms with Gasteiger partial charge in [-0.15, -0.1) is 0 Å². The Balaban J connectivity index is 1.99. The minimum atomic E-state index is -0.580. The molecule has 0 aromatic heterocycles. The highest BCUT2D eigenvalue weighted by molar-refractivity contribution is 5.97. The van der Waals surface area contributed by atoms with Crippen molar-refractivity contribution in [3.63, 3.8) is 0 Å². The van der Waals surface area contributed by atoms with Crippen LogP contribution in [0.4, 0.5) is 5.69 Å². The number of anilines is 1. The average Bonchev–Trinajstić information content (AvgIpc) is 2.66. The number of nitrogens with zero attached hydrogens (tertiary/aromatic N) is 2. The van der Waals surface area contributed by atoms with Gasteiger partial charge in [-0.05, 0) is 43.7 Å². The second-order valence-corrected chi connectivity index (χ2v) is 6.47. The first kappa shape index (κ1) is 19.5. The van der Waals surface area contributed by atoms with E-state index in [4.69, 9.17) is 0 Å². The molecular formula is C21H27N3O2. The normalized spacial score (nSPS) is 11.5. The molecule has 2 aromatic carbocycles. The number of hydrogen-bond donors (Lipinski definition) is 1. The summed E-state index contributed by atoms with van der Waals surface area (Å²) in [6, 6.07) is 16.5. The minimum Gasteiger partial charge on any atom is -0.378 e. The Morgan fingerprint density at radius 1 is 1.00 bits per heavy atom. The van der Waals surface area contributed by atoms with Gasteiger partial charge in [-0.2, -0.15) is 0 Å². The molecule has 1 unspecified atom stereocenters. The zero-order chi connectivity index (χ0) is 19.1. The third-order valence-corrected chi connectivity index (χ3v) is 4.27. The van der Waals surface area contributed by atoms with E-state index in [1.807, 2.05) is 56.3 Å². The van der Waals surface area contributed by atoms with E-state index in [2.05, 4.69) is 5.32 Å². The fraction of sp³-hybridized carbons (Fsp3) is 0.333. The van der Waals surface area contributed by atoms with Gasteiger partial charge in [0.1, 0.15) is 6.04 Å². The van der Waals surface area contributed by atoms with Gasteiger partial charge < -0.3 is 15.1 Å². The van der Waals surface area contributed by atoms with Crippen LogP contribution in [0.15, 0.2) is 54.6 Å². The first-order valence-electron chi connectivity index (χ1n) is 8.83. The lowest BCUT2D eigenvalue weighted by Crippen LogP contribution is -2.46. The molecule has 0 bridgehead atoms. The van der Waals surface area contributed by atoms with E-state index in [-0.39, 0.29) is 11.8 Å². The Morgan fingerprint density at radius 2 is 1.62 bits per heavy atom. The van der Waals surface area contributed by atoms with E-state index in [0.29, 0.717) is 18.7 Å². The number of rotatable bonds is 7. The molecule has 0 saturated heterocycles. The number of carbonyl (C=O) groups is 2. The lowest BCUT2D eigenvalue weighted by Gasteiger charge is -2.25. The molecule has 1 atom stereocenters. The van der Waals surface area contributed by atoms with Gasteiger partial charge in [0.15, 0.2) is 0 Å². The summed E-state index contributed by atoms with van der Waals surface area (Å²) in [6.45, 7) is 4.77. The van der Waals surface area contributed by atoms with Crippen molar-refractivity contribution in [3.05, 3.63) is 65.7 Å². The zero-order valence-corrected chi connectivity index (χ0v) is 15.9. The van der Waals surface area contributed by atoms with Crippen LogP contribution in [-0.4, -0.2) is 43.4 Å². The maximum absolute atomic E-state index is 12.7. The Labute approximate surface area is 155 Å². The van der Waals surface area contributed by atoms with Crippen molar-refractivity contribution in [2.75, 3.05) is 25.5 Å². The predicted molar refractivity (Wildman–Crippen MR) is 105 cm³/mol. The summed E-state index contributed by atoms with van der Waals surface area (Å²) >= 11 is 0. The molecule has 1 N–H and O–H groups in total. The Morgan fingerprint density at radius 3 is 2.15 bits per heavy atom. The summed E-state index contributed by atoms with van der Waals surface area (Å²) in [4.78, 5) is 28.8. The van der Waals surface area contributed by atoms with Gasteiger partial charge in [0.25, 0.3) is 5.91 Å². The molecule has 0 aliphatic carbocycles. The number of likely N-dealkylation sites (N-methyl/N-ethyl adjacent to an activating group) is 1. The number of nitrogens with one attached hydrogen (secondary N) is 1. The Bertz CT molecular complexity index is 727. The maximum atomic E-state index is 12.7. The van der Waals surface area contributed by atoms with Crippen LogP contribution >= 0.6 is 0 Å². The van der Waals surface area contributed by atoms with Gasteiger partial charge in [0.2, 0.25) is 5.91 Å². The van der Waals surface area contributed by atoms with E-state index >= 15 is 0 Å². The van der Waals surface area contributed by atoms with Crippen molar-refractivity contribution in [2.45, 2.75) is 26.4 Å². The molecule has 0 heterocycles. The molecule has 138 valence electrons. The van der Waals surface area contributed by atoms with E-state index in [9.17, 15) is 9.59 Å². The molecular weight excluding hydrogens is 326 g/mol. The molecule has 0 aliphatic rings. The molecule has 2 rings (SSSR count). The molecule has 0 radical (unpaired) electrons. The van der Waals surface area contributed by atoms with E-state index in [1.54, 1.807) is 36.1 Å². The van der Waals surface area contributed by atoms with Gasteiger partial charge in [-0.3, -0.25) is 9.59 Å². The molecule has 5 nitrogen and oxygen atoms in total. The molecule has 5 heteroatoms. The summed E-state index contributed by atoms with van der Waals surface area (Å²) in [7, 11) is 3.99. The fourth-order valence-electron chi connectivity index (χ4n) is 2.67. The van der Waals surface area contributed by atoms with Crippen LogP contribution in [0.2, 0.25) is 0 Å². The SMILES string of the molecule is CCN(Cc1ccc(N(C)C)cc1)C(=O)C(C)NC(=O)c1ccccc1.